The monoisotopic (exact) mass is 512 g/mol. The van der Waals surface area contributed by atoms with E-state index in [4.69, 9.17) is 14.1 Å². The molecule has 1 N–H and O–H groups in total. The number of carbonyl (C=O) groups excluding carboxylic acids is 1. The number of rotatable bonds is 6. The van der Waals surface area contributed by atoms with Gasteiger partial charge in [0.15, 0.2) is 11.7 Å². The van der Waals surface area contributed by atoms with Crippen LogP contribution >= 0.6 is 24.0 Å². The maximum Gasteiger partial charge on any atom is 0.289 e. The lowest BCUT2D eigenvalue weighted by Gasteiger charge is -2.36. The van der Waals surface area contributed by atoms with Crippen molar-refractivity contribution in [1.29, 1.82) is 0 Å². The molecule has 7 nitrogen and oxygen atoms in total. The number of nitrogens with zero attached hydrogens (tertiary/aromatic N) is 3. The number of hydrogen-bond donors (Lipinski definition) is 1. The predicted molar refractivity (Wildman–Crippen MR) is 124 cm³/mol. The molecule has 0 aliphatic carbocycles. The molecule has 158 valence electrons. The summed E-state index contributed by atoms with van der Waals surface area (Å²) in [7, 11) is 1.68. The van der Waals surface area contributed by atoms with Crippen LogP contribution in [-0.4, -0.2) is 68.0 Å². The van der Waals surface area contributed by atoms with E-state index in [0.29, 0.717) is 25.4 Å². The molecule has 1 aromatic carbocycles. The highest BCUT2D eigenvalue weighted by atomic mass is 127. The molecule has 2 aromatic rings. The molecule has 0 saturated carbocycles. The van der Waals surface area contributed by atoms with Crippen molar-refractivity contribution >= 4 is 35.8 Å². The van der Waals surface area contributed by atoms with Crippen LogP contribution in [0.25, 0.3) is 0 Å². The topological polar surface area (TPSA) is 70.3 Å². The number of furan rings is 1. The number of ether oxygens (including phenoxy) is 1. The number of nitrogens with one attached hydrogen (secondary N) is 1. The van der Waals surface area contributed by atoms with Gasteiger partial charge in [-0.05, 0) is 43.2 Å². The van der Waals surface area contributed by atoms with Crippen LogP contribution in [0.5, 0.6) is 5.75 Å². The summed E-state index contributed by atoms with van der Waals surface area (Å²) < 4.78 is 10.5. The van der Waals surface area contributed by atoms with Crippen LogP contribution in [0.1, 0.15) is 23.0 Å². The fraction of sp³-hybridized carbons (Fsp3) is 0.429. The summed E-state index contributed by atoms with van der Waals surface area (Å²) in [5, 5.41) is 3.36. The molecular weight excluding hydrogens is 483 g/mol. The molecule has 0 atom stereocenters. The first-order valence-corrected chi connectivity index (χ1v) is 9.70. The standard InChI is InChI=1S/C21H28N4O3.HI/c1-3-22-21(23-10-9-17-6-4-7-18(16-17)27-2)25-13-11-24(12-14-25)20(26)19-8-5-15-28-19;/h4-8,15-16H,3,9-14H2,1-2H3,(H,22,23);1H. The van der Waals surface area contributed by atoms with Crippen LogP contribution in [0.2, 0.25) is 0 Å². The number of hydrogen-bond acceptors (Lipinski definition) is 4. The molecule has 0 unspecified atom stereocenters. The van der Waals surface area contributed by atoms with Crippen molar-refractivity contribution in [3.05, 3.63) is 54.0 Å². The minimum atomic E-state index is -0.0513. The van der Waals surface area contributed by atoms with Crippen molar-refractivity contribution in [1.82, 2.24) is 15.1 Å². The Morgan fingerprint density at radius 3 is 2.59 bits per heavy atom. The van der Waals surface area contributed by atoms with Crippen LogP contribution in [0.15, 0.2) is 52.1 Å². The van der Waals surface area contributed by atoms with Crippen molar-refractivity contribution < 1.29 is 13.9 Å². The molecule has 1 aromatic heterocycles. The average Bonchev–Trinajstić information content (AvgIpc) is 3.28. The Kier molecular flexibility index (Phi) is 9.30. The van der Waals surface area contributed by atoms with Gasteiger partial charge in [-0.15, -0.1) is 24.0 Å². The Bertz CT molecular complexity index is 787. The van der Waals surface area contributed by atoms with Gasteiger partial charge in [0.25, 0.3) is 5.91 Å². The number of benzene rings is 1. The second-order valence-electron chi connectivity index (χ2n) is 6.59. The van der Waals surface area contributed by atoms with Gasteiger partial charge < -0.3 is 24.3 Å². The van der Waals surface area contributed by atoms with E-state index in [2.05, 4.69) is 23.2 Å². The Labute approximate surface area is 189 Å². The maximum atomic E-state index is 12.4. The van der Waals surface area contributed by atoms with E-state index in [1.165, 1.54) is 11.8 Å². The van der Waals surface area contributed by atoms with Crippen LogP contribution in [0.4, 0.5) is 0 Å². The first-order chi connectivity index (χ1) is 13.7. The van der Waals surface area contributed by atoms with Gasteiger partial charge in [0.05, 0.1) is 13.4 Å². The zero-order valence-electron chi connectivity index (χ0n) is 17.0. The first kappa shape index (κ1) is 23.1. The minimum absolute atomic E-state index is 0. The molecule has 1 aliphatic heterocycles. The van der Waals surface area contributed by atoms with E-state index in [1.54, 1.807) is 19.2 Å². The largest absolute Gasteiger partial charge is 0.497 e. The minimum Gasteiger partial charge on any atom is -0.497 e. The van der Waals surface area contributed by atoms with E-state index in [0.717, 1.165) is 37.8 Å². The van der Waals surface area contributed by atoms with Gasteiger partial charge in [0.2, 0.25) is 0 Å². The van der Waals surface area contributed by atoms with Crippen molar-refractivity contribution in [2.75, 3.05) is 46.4 Å². The highest BCUT2D eigenvalue weighted by molar-refractivity contribution is 14.0. The second kappa shape index (κ2) is 11.7. The van der Waals surface area contributed by atoms with Gasteiger partial charge in [0.1, 0.15) is 5.75 Å². The van der Waals surface area contributed by atoms with Crippen molar-refractivity contribution in [2.24, 2.45) is 4.99 Å². The number of carbonyl (C=O) groups is 1. The first-order valence-electron chi connectivity index (χ1n) is 9.70. The molecule has 1 saturated heterocycles. The smallest absolute Gasteiger partial charge is 0.289 e. The number of methoxy groups -OCH3 is 1. The third-order valence-electron chi connectivity index (χ3n) is 4.73. The zero-order chi connectivity index (χ0) is 19.8. The summed E-state index contributed by atoms with van der Waals surface area (Å²) in [6, 6.07) is 11.5. The summed E-state index contributed by atoms with van der Waals surface area (Å²) in [5.74, 6) is 2.11. The Balaban J connectivity index is 0.00000300. The van der Waals surface area contributed by atoms with E-state index in [9.17, 15) is 4.79 Å². The van der Waals surface area contributed by atoms with E-state index in [1.807, 2.05) is 23.1 Å². The molecule has 8 heteroatoms. The van der Waals surface area contributed by atoms with Crippen molar-refractivity contribution in [2.45, 2.75) is 13.3 Å². The highest BCUT2D eigenvalue weighted by Crippen LogP contribution is 2.13. The third kappa shape index (κ3) is 6.38. The SMILES string of the molecule is CCNC(=NCCc1cccc(OC)c1)N1CCN(C(=O)c2ccco2)CC1.I. The quantitative estimate of drug-likeness (QED) is 0.366. The molecule has 0 radical (unpaired) electrons. The third-order valence-corrected chi connectivity index (χ3v) is 4.73. The molecule has 1 aliphatic rings. The van der Waals surface area contributed by atoms with Gasteiger partial charge in [-0.25, -0.2) is 0 Å². The normalized spacial score (nSPS) is 14.3. The lowest BCUT2D eigenvalue weighted by Crippen LogP contribution is -2.53. The Morgan fingerprint density at radius 2 is 1.93 bits per heavy atom. The number of halogens is 1. The lowest BCUT2D eigenvalue weighted by molar-refractivity contribution is 0.0657. The van der Waals surface area contributed by atoms with Gasteiger partial charge in [-0.1, -0.05) is 12.1 Å². The molecular formula is C21H29IN4O3. The van der Waals surface area contributed by atoms with Crippen molar-refractivity contribution in [3.8, 4) is 5.75 Å². The summed E-state index contributed by atoms with van der Waals surface area (Å²) in [6.07, 6.45) is 2.38. The number of guanidine groups is 1. The van der Waals surface area contributed by atoms with Crippen LogP contribution < -0.4 is 10.1 Å². The van der Waals surface area contributed by atoms with E-state index in [-0.39, 0.29) is 29.9 Å². The molecule has 3 rings (SSSR count). The number of piperazine rings is 1. The van der Waals surface area contributed by atoms with Gasteiger partial charge in [0, 0.05) is 39.3 Å². The fourth-order valence-electron chi connectivity index (χ4n) is 3.22. The Hall–Kier alpha value is -2.23. The zero-order valence-corrected chi connectivity index (χ0v) is 19.3. The summed E-state index contributed by atoms with van der Waals surface area (Å²) in [6.45, 7) is 6.37. The molecule has 0 bridgehead atoms. The number of amides is 1. The molecule has 1 fully saturated rings. The Morgan fingerprint density at radius 1 is 1.17 bits per heavy atom. The maximum absolute atomic E-state index is 12.4. The summed E-state index contributed by atoms with van der Waals surface area (Å²) >= 11 is 0. The molecule has 2 heterocycles. The number of aliphatic imine (C=N–C) groups is 1. The predicted octanol–water partition coefficient (Wildman–Crippen LogP) is 2.87. The van der Waals surface area contributed by atoms with E-state index < -0.39 is 0 Å². The molecule has 1 amide bonds. The second-order valence-corrected chi connectivity index (χ2v) is 6.59. The molecule has 0 spiro atoms. The van der Waals surface area contributed by atoms with Crippen molar-refractivity contribution in [3.63, 3.8) is 0 Å². The van der Waals surface area contributed by atoms with Crippen LogP contribution in [0.3, 0.4) is 0 Å². The van der Waals surface area contributed by atoms with Crippen LogP contribution in [0, 0.1) is 0 Å². The summed E-state index contributed by atoms with van der Waals surface area (Å²) in [4.78, 5) is 21.2. The van der Waals surface area contributed by atoms with Gasteiger partial charge in [-0.3, -0.25) is 9.79 Å². The fourth-order valence-corrected chi connectivity index (χ4v) is 3.22. The van der Waals surface area contributed by atoms with Crippen LogP contribution in [-0.2, 0) is 6.42 Å². The van der Waals surface area contributed by atoms with Gasteiger partial charge in [-0.2, -0.15) is 0 Å². The van der Waals surface area contributed by atoms with E-state index >= 15 is 0 Å². The molecule has 29 heavy (non-hydrogen) atoms. The highest BCUT2D eigenvalue weighted by Gasteiger charge is 2.25. The summed E-state index contributed by atoms with van der Waals surface area (Å²) in [5.41, 5.74) is 1.20. The average molecular weight is 512 g/mol. The lowest BCUT2D eigenvalue weighted by atomic mass is 10.1. The van der Waals surface area contributed by atoms with Gasteiger partial charge >= 0.3 is 0 Å².